The molecule has 0 spiro atoms. The van der Waals surface area contributed by atoms with E-state index in [1.807, 2.05) is 0 Å². The molecule has 2 saturated heterocycles. The van der Waals surface area contributed by atoms with E-state index in [9.17, 15) is 28.7 Å². The summed E-state index contributed by atoms with van der Waals surface area (Å²) in [6, 6.07) is 9.94. The number of benzene rings is 2. The molecule has 4 amide bonds. The second-order valence-electron chi connectivity index (χ2n) is 8.64. The van der Waals surface area contributed by atoms with Gasteiger partial charge >= 0.3 is 6.09 Å². The number of halogens is 1. The zero-order valence-electron chi connectivity index (χ0n) is 20.3. The second kappa shape index (κ2) is 12.0. The van der Waals surface area contributed by atoms with E-state index < -0.39 is 41.8 Å². The van der Waals surface area contributed by atoms with Crippen molar-refractivity contribution in [1.82, 2.24) is 10.2 Å². The minimum absolute atomic E-state index is 0.00383. The lowest BCUT2D eigenvalue weighted by Gasteiger charge is -2.34. The van der Waals surface area contributed by atoms with Crippen LogP contribution in [0.1, 0.15) is 15.9 Å². The minimum atomic E-state index is -1.85. The Morgan fingerprint density at radius 2 is 1.76 bits per heavy atom. The average molecular weight is 531 g/mol. The van der Waals surface area contributed by atoms with E-state index in [0.29, 0.717) is 37.6 Å². The van der Waals surface area contributed by atoms with Gasteiger partial charge in [-0.05, 0) is 35.9 Å². The van der Waals surface area contributed by atoms with E-state index in [1.165, 1.54) is 34.1 Å². The van der Waals surface area contributed by atoms with Crippen LogP contribution >= 0.6 is 0 Å². The predicted octanol–water partition coefficient (Wildman–Crippen LogP) is 0.797. The van der Waals surface area contributed by atoms with Crippen LogP contribution in [0.3, 0.4) is 0 Å². The third-order valence-electron chi connectivity index (χ3n) is 6.13. The minimum Gasteiger partial charge on any atom is -0.465 e. The molecule has 2 aromatic rings. The second-order valence-corrected chi connectivity index (χ2v) is 8.64. The Balaban J connectivity index is 1.43. The summed E-state index contributed by atoms with van der Waals surface area (Å²) in [7, 11) is 0. The summed E-state index contributed by atoms with van der Waals surface area (Å²) >= 11 is 0. The van der Waals surface area contributed by atoms with Gasteiger partial charge in [0.2, 0.25) is 0 Å². The van der Waals surface area contributed by atoms with Crippen LogP contribution in [0.4, 0.5) is 20.6 Å². The predicted molar refractivity (Wildman–Crippen MR) is 131 cm³/mol. The molecule has 0 aromatic heterocycles. The monoisotopic (exact) mass is 530 g/mol. The first-order valence-electron chi connectivity index (χ1n) is 11.9. The van der Waals surface area contributed by atoms with Crippen molar-refractivity contribution >= 4 is 35.2 Å². The lowest BCUT2D eigenvalue weighted by Crippen LogP contribution is -2.55. The maximum atomic E-state index is 14.5. The number of anilines is 2. The van der Waals surface area contributed by atoms with Crippen LogP contribution < -0.4 is 15.5 Å². The normalized spacial score (nSPS) is 18.6. The molecule has 4 rings (SSSR count). The van der Waals surface area contributed by atoms with E-state index in [-0.39, 0.29) is 30.9 Å². The van der Waals surface area contributed by atoms with Crippen molar-refractivity contribution < 1.29 is 43.3 Å². The molecule has 2 atom stereocenters. The van der Waals surface area contributed by atoms with Crippen molar-refractivity contribution in [3.05, 3.63) is 59.4 Å². The Bertz CT molecular complexity index is 1200. The number of ether oxygens (including phenoxy) is 2. The van der Waals surface area contributed by atoms with Crippen LogP contribution in [0.25, 0.3) is 0 Å². The number of nitrogens with one attached hydrogen (secondary N) is 2. The smallest absolute Gasteiger partial charge is 0.404 e. The van der Waals surface area contributed by atoms with Gasteiger partial charge in [-0.15, -0.1) is 0 Å². The number of nitrogens with zero attached hydrogens (tertiary/aromatic N) is 2. The fourth-order valence-electron chi connectivity index (χ4n) is 4.11. The first-order chi connectivity index (χ1) is 18.2. The number of hydrogen-bond acceptors (Lipinski definition) is 7. The number of aliphatic hydroxyl groups excluding tert-OH is 1. The molecule has 4 N–H and O–H groups in total. The summed E-state index contributed by atoms with van der Waals surface area (Å²) < 4.78 is 25.2. The quantitative estimate of drug-likeness (QED) is 0.409. The molecule has 2 aromatic carbocycles. The number of morpholine rings is 2. The van der Waals surface area contributed by atoms with Crippen molar-refractivity contribution in [3.8, 4) is 0 Å². The van der Waals surface area contributed by atoms with Gasteiger partial charge in [0.1, 0.15) is 5.82 Å². The standard InChI is InChI=1S/C25H27FN4O8/c26-19-6-5-17(13-18(19)23(33)29-7-10-37-11-8-29)30-9-12-38-21(24(30)34)20(31)22(32)28-16-3-1-15(2-4-16)14-27-25(35)36/h1-6,13,20-21,27,31H,7-12,14H2,(H,28,32)(H,35,36). The van der Waals surface area contributed by atoms with Gasteiger partial charge in [-0.2, -0.15) is 0 Å². The van der Waals surface area contributed by atoms with Crippen molar-refractivity contribution in [2.45, 2.75) is 18.8 Å². The number of carboxylic acid groups (broad SMARTS) is 1. The van der Waals surface area contributed by atoms with Gasteiger partial charge < -0.3 is 40.1 Å². The molecule has 2 unspecified atom stereocenters. The molecule has 0 bridgehead atoms. The highest BCUT2D eigenvalue weighted by molar-refractivity contribution is 6.04. The lowest BCUT2D eigenvalue weighted by atomic mass is 10.1. The number of aliphatic hydroxyl groups is 1. The van der Waals surface area contributed by atoms with Crippen LogP contribution in [0.5, 0.6) is 0 Å². The zero-order valence-corrected chi connectivity index (χ0v) is 20.3. The Labute approximate surface area is 216 Å². The molecule has 2 heterocycles. The summed E-state index contributed by atoms with van der Waals surface area (Å²) in [5.74, 6) is -2.85. The Hall–Kier alpha value is -4.07. The third kappa shape index (κ3) is 6.25. The number of amides is 4. The van der Waals surface area contributed by atoms with E-state index in [4.69, 9.17) is 14.6 Å². The fourth-order valence-corrected chi connectivity index (χ4v) is 4.11. The molecule has 12 nitrogen and oxygen atoms in total. The molecule has 2 fully saturated rings. The summed E-state index contributed by atoms with van der Waals surface area (Å²) in [6.07, 6.45) is -4.54. The largest absolute Gasteiger partial charge is 0.465 e. The third-order valence-corrected chi connectivity index (χ3v) is 6.13. The highest BCUT2D eigenvalue weighted by Gasteiger charge is 2.39. The topological polar surface area (TPSA) is 158 Å². The van der Waals surface area contributed by atoms with Crippen molar-refractivity contribution in [2.75, 3.05) is 49.7 Å². The first-order valence-corrected chi connectivity index (χ1v) is 11.9. The van der Waals surface area contributed by atoms with E-state index in [2.05, 4.69) is 10.6 Å². The Morgan fingerprint density at radius 3 is 2.45 bits per heavy atom. The number of hydrogen-bond donors (Lipinski definition) is 4. The summed E-state index contributed by atoms with van der Waals surface area (Å²) in [5, 5.41) is 24.0. The van der Waals surface area contributed by atoms with Crippen molar-refractivity contribution in [3.63, 3.8) is 0 Å². The molecule has 0 saturated carbocycles. The highest BCUT2D eigenvalue weighted by Crippen LogP contribution is 2.25. The van der Waals surface area contributed by atoms with E-state index in [0.717, 1.165) is 6.07 Å². The van der Waals surface area contributed by atoms with E-state index in [1.54, 1.807) is 12.1 Å². The van der Waals surface area contributed by atoms with Gasteiger partial charge in [0.25, 0.3) is 17.7 Å². The van der Waals surface area contributed by atoms with Crippen molar-refractivity contribution in [2.24, 2.45) is 0 Å². The van der Waals surface area contributed by atoms with Gasteiger partial charge in [-0.3, -0.25) is 14.4 Å². The number of carbonyl (C=O) groups excluding carboxylic acids is 3. The maximum Gasteiger partial charge on any atom is 0.404 e. The van der Waals surface area contributed by atoms with Crippen LogP contribution in [0, 0.1) is 5.82 Å². The highest BCUT2D eigenvalue weighted by atomic mass is 19.1. The summed E-state index contributed by atoms with van der Waals surface area (Å²) in [5.41, 5.74) is 1.01. The Morgan fingerprint density at radius 1 is 1.05 bits per heavy atom. The number of rotatable bonds is 7. The summed E-state index contributed by atoms with van der Waals surface area (Å²) in [6.45, 7) is 1.50. The van der Waals surface area contributed by atoms with Crippen LogP contribution in [0.2, 0.25) is 0 Å². The SMILES string of the molecule is O=C(O)NCc1ccc(NC(=O)C(O)C2OCCN(c3ccc(F)c(C(=O)N4CCOCC4)c3)C2=O)cc1. The molecule has 2 aliphatic heterocycles. The molecular weight excluding hydrogens is 503 g/mol. The van der Waals surface area contributed by atoms with Gasteiger partial charge in [0, 0.05) is 37.6 Å². The number of carbonyl (C=O) groups is 4. The molecule has 0 radical (unpaired) electrons. The maximum absolute atomic E-state index is 14.5. The zero-order chi connectivity index (χ0) is 27.2. The van der Waals surface area contributed by atoms with E-state index >= 15 is 0 Å². The molecule has 0 aliphatic carbocycles. The van der Waals surface area contributed by atoms with Gasteiger partial charge in [-0.1, -0.05) is 12.1 Å². The molecular formula is C25H27FN4O8. The Kier molecular flexibility index (Phi) is 8.51. The lowest BCUT2D eigenvalue weighted by molar-refractivity contribution is -0.150. The molecule has 38 heavy (non-hydrogen) atoms. The fraction of sp³-hybridized carbons (Fsp3) is 0.360. The average Bonchev–Trinajstić information content (AvgIpc) is 2.93. The molecule has 13 heteroatoms. The molecule has 2 aliphatic rings. The molecule has 202 valence electrons. The van der Waals surface area contributed by atoms with Gasteiger partial charge in [-0.25, -0.2) is 9.18 Å². The van der Waals surface area contributed by atoms with Crippen molar-refractivity contribution in [1.29, 1.82) is 0 Å². The van der Waals surface area contributed by atoms with Crippen LogP contribution in [0.15, 0.2) is 42.5 Å². The first kappa shape index (κ1) is 27.0. The van der Waals surface area contributed by atoms with Gasteiger partial charge in [0.15, 0.2) is 12.2 Å². The van der Waals surface area contributed by atoms with Gasteiger partial charge in [0.05, 0.1) is 25.4 Å². The van der Waals surface area contributed by atoms with Crippen LogP contribution in [-0.2, 0) is 25.6 Å². The summed E-state index contributed by atoms with van der Waals surface area (Å²) in [4.78, 5) is 52.0. The van der Waals surface area contributed by atoms with Crippen LogP contribution in [-0.4, -0.2) is 90.6 Å².